The summed E-state index contributed by atoms with van der Waals surface area (Å²) in [4.78, 5) is 4.19. The van der Waals surface area contributed by atoms with Crippen molar-refractivity contribution in [3.8, 4) is 5.88 Å². The quantitative estimate of drug-likeness (QED) is 0.553. The molecule has 2 rings (SSSR count). The Hall–Kier alpha value is -1.67. The fourth-order valence-corrected chi connectivity index (χ4v) is 2.66. The standard InChI is InChI=1S/C13H20N6OS/c1-3-6-14-8-9-19-13(16-17-18-19)21-10-11-5-4-7-15-12(11)20-2/h4-5,7,14H,3,6,8-10H2,1-2H3. The molecule has 7 nitrogen and oxygen atoms in total. The Morgan fingerprint density at radius 1 is 1.38 bits per heavy atom. The lowest BCUT2D eigenvalue weighted by Gasteiger charge is -2.07. The van der Waals surface area contributed by atoms with Crippen LogP contribution in [0.2, 0.25) is 0 Å². The van der Waals surface area contributed by atoms with Crippen molar-refractivity contribution in [2.75, 3.05) is 20.2 Å². The Morgan fingerprint density at radius 3 is 3.10 bits per heavy atom. The molecule has 0 spiro atoms. The van der Waals surface area contributed by atoms with Gasteiger partial charge >= 0.3 is 0 Å². The maximum absolute atomic E-state index is 5.24. The Kier molecular flexibility index (Phi) is 6.42. The summed E-state index contributed by atoms with van der Waals surface area (Å²) < 4.78 is 7.06. The summed E-state index contributed by atoms with van der Waals surface area (Å²) >= 11 is 1.58. The van der Waals surface area contributed by atoms with Crippen LogP contribution in [-0.4, -0.2) is 45.4 Å². The van der Waals surface area contributed by atoms with E-state index in [9.17, 15) is 0 Å². The lowest BCUT2D eigenvalue weighted by molar-refractivity contribution is 0.394. The van der Waals surface area contributed by atoms with E-state index in [0.29, 0.717) is 5.88 Å². The average Bonchev–Trinajstić information content (AvgIpc) is 2.97. The highest BCUT2D eigenvalue weighted by Crippen LogP contribution is 2.24. The fraction of sp³-hybridized carbons (Fsp3) is 0.538. The predicted molar refractivity (Wildman–Crippen MR) is 81.3 cm³/mol. The van der Waals surface area contributed by atoms with Crippen LogP contribution in [0.4, 0.5) is 0 Å². The zero-order valence-electron chi connectivity index (χ0n) is 12.3. The number of nitrogens with one attached hydrogen (secondary N) is 1. The highest BCUT2D eigenvalue weighted by molar-refractivity contribution is 7.98. The second-order valence-electron chi connectivity index (χ2n) is 4.40. The molecule has 114 valence electrons. The van der Waals surface area contributed by atoms with Crippen molar-refractivity contribution in [1.82, 2.24) is 30.5 Å². The highest BCUT2D eigenvalue weighted by atomic mass is 32.2. The first kappa shape index (κ1) is 15.7. The van der Waals surface area contributed by atoms with E-state index in [4.69, 9.17) is 4.74 Å². The number of ether oxygens (including phenoxy) is 1. The number of rotatable bonds is 9. The smallest absolute Gasteiger partial charge is 0.217 e. The number of nitrogens with zero attached hydrogens (tertiary/aromatic N) is 5. The van der Waals surface area contributed by atoms with Gasteiger partial charge in [-0.2, -0.15) is 0 Å². The molecule has 0 fully saturated rings. The summed E-state index contributed by atoms with van der Waals surface area (Å²) in [5, 5.41) is 16.0. The molecule has 2 aromatic heterocycles. The first-order valence-corrected chi connectivity index (χ1v) is 7.91. The molecular weight excluding hydrogens is 288 g/mol. The molecule has 2 aromatic rings. The van der Waals surface area contributed by atoms with Gasteiger partial charge < -0.3 is 10.1 Å². The van der Waals surface area contributed by atoms with E-state index < -0.39 is 0 Å². The predicted octanol–water partition coefficient (Wildman–Crippen LogP) is 1.37. The largest absolute Gasteiger partial charge is 0.481 e. The lowest BCUT2D eigenvalue weighted by Crippen LogP contribution is -2.21. The molecule has 0 unspecified atom stereocenters. The van der Waals surface area contributed by atoms with Crippen molar-refractivity contribution in [2.45, 2.75) is 30.8 Å². The molecule has 0 aliphatic heterocycles. The summed E-state index contributed by atoms with van der Waals surface area (Å²) in [7, 11) is 1.62. The van der Waals surface area contributed by atoms with Crippen LogP contribution in [0.1, 0.15) is 18.9 Å². The van der Waals surface area contributed by atoms with Crippen LogP contribution in [0.3, 0.4) is 0 Å². The van der Waals surface area contributed by atoms with Gasteiger partial charge in [0.25, 0.3) is 0 Å². The van der Waals surface area contributed by atoms with Gasteiger partial charge in [0, 0.05) is 24.1 Å². The molecule has 0 saturated heterocycles. The minimum Gasteiger partial charge on any atom is -0.481 e. The lowest BCUT2D eigenvalue weighted by atomic mass is 10.3. The maximum Gasteiger partial charge on any atom is 0.217 e. The van der Waals surface area contributed by atoms with Gasteiger partial charge in [0.05, 0.1) is 13.7 Å². The Labute approximate surface area is 128 Å². The highest BCUT2D eigenvalue weighted by Gasteiger charge is 2.09. The van der Waals surface area contributed by atoms with Crippen LogP contribution in [0, 0.1) is 0 Å². The van der Waals surface area contributed by atoms with Gasteiger partial charge in [-0.25, -0.2) is 9.67 Å². The molecular formula is C13H20N6OS. The van der Waals surface area contributed by atoms with Crippen LogP contribution in [0.25, 0.3) is 0 Å². The van der Waals surface area contributed by atoms with Crippen molar-refractivity contribution < 1.29 is 4.74 Å². The Balaban J connectivity index is 1.90. The maximum atomic E-state index is 5.24. The second-order valence-corrected chi connectivity index (χ2v) is 5.34. The minimum atomic E-state index is 0.647. The van der Waals surface area contributed by atoms with Gasteiger partial charge in [-0.15, -0.1) is 5.10 Å². The van der Waals surface area contributed by atoms with Crippen molar-refractivity contribution >= 4 is 11.8 Å². The van der Waals surface area contributed by atoms with Gasteiger partial charge in [-0.3, -0.25) is 0 Å². The van der Waals surface area contributed by atoms with Crippen LogP contribution in [-0.2, 0) is 12.3 Å². The van der Waals surface area contributed by atoms with Crippen LogP contribution in [0.5, 0.6) is 5.88 Å². The zero-order chi connectivity index (χ0) is 14.9. The molecule has 0 aliphatic rings. The molecule has 0 bridgehead atoms. The second kappa shape index (κ2) is 8.58. The van der Waals surface area contributed by atoms with Gasteiger partial charge in [-0.1, -0.05) is 24.8 Å². The molecule has 1 N–H and O–H groups in total. The number of pyridine rings is 1. The van der Waals surface area contributed by atoms with Crippen molar-refractivity contribution in [3.05, 3.63) is 23.9 Å². The number of hydrogen-bond acceptors (Lipinski definition) is 7. The molecule has 0 aromatic carbocycles. The zero-order valence-corrected chi connectivity index (χ0v) is 13.1. The van der Waals surface area contributed by atoms with Crippen molar-refractivity contribution in [3.63, 3.8) is 0 Å². The molecule has 0 radical (unpaired) electrons. The molecule has 0 atom stereocenters. The minimum absolute atomic E-state index is 0.647. The van der Waals surface area contributed by atoms with Gasteiger partial charge in [0.2, 0.25) is 11.0 Å². The summed E-state index contributed by atoms with van der Waals surface area (Å²) in [6.07, 6.45) is 2.84. The van der Waals surface area contributed by atoms with E-state index in [1.807, 2.05) is 16.8 Å². The summed E-state index contributed by atoms with van der Waals surface area (Å²) in [5.41, 5.74) is 1.03. The Morgan fingerprint density at radius 2 is 2.29 bits per heavy atom. The van der Waals surface area contributed by atoms with Crippen molar-refractivity contribution in [2.24, 2.45) is 0 Å². The first-order chi connectivity index (χ1) is 10.3. The topological polar surface area (TPSA) is 77.8 Å². The SMILES string of the molecule is CCCNCCn1nnnc1SCc1cccnc1OC. The number of thioether (sulfide) groups is 1. The normalized spacial score (nSPS) is 10.8. The average molecular weight is 308 g/mol. The molecule has 21 heavy (non-hydrogen) atoms. The summed E-state index contributed by atoms with van der Waals surface area (Å²) in [5.74, 6) is 1.37. The van der Waals surface area contributed by atoms with Crippen LogP contribution in [0.15, 0.2) is 23.5 Å². The molecule has 0 aliphatic carbocycles. The molecule has 2 heterocycles. The van der Waals surface area contributed by atoms with Gasteiger partial charge in [0.15, 0.2) is 0 Å². The van der Waals surface area contributed by atoms with E-state index >= 15 is 0 Å². The number of hydrogen-bond donors (Lipinski definition) is 1. The summed E-state index contributed by atoms with van der Waals surface area (Å²) in [6.45, 7) is 4.78. The number of methoxy groups -OCH3 is 1. The van der Waals surface area contributed by atoms with E-state index in [1.165, 1.54) is 0 Å². The van der Waals surface area contributed by atoms with E-state index in [-0.39, 0.29) is 0 Å². The van der Waals surface area contributed by atoms with E-state index in [0.717, 1.165) is 42.5 Å². The fourth-order valence-electron chi connectivity index (χ4n) is 1.79. The van der Waals surface area contributed by atoms with Gasteiger partial charge in [0.1, 0.15) is 0 Å². The third-order valence-corrected chi connectivity index (χ3v) is 3.83. The van der Waals surface area contributed by atoms with Crippen molar-refractivity contribution in [1.29, 1.82) is 0 Å². The van der Waals surface area contributed by atoms with E-state index in [2.05, 4.69) is 32.7 Å². The van der Waals surface area contributed by atoms with Gasteiger partial charge in [-0.05, 0) is 29.5 Å². The third-order valence-electron chi connectivity index (χ3n) is 2.83. The number of tetrazole rings is 1. The van der Waals surface area contributed by atoms with Crippen LogP contribution >= 0.6 is 11.8 Å². The molecule has 8 heteroatoms. The molecule has 0 amide bonds. The Bertz CT molecular complexity index is 547. The van der Waals surface area contributed by atoms with E-state index in [1.54, 1.807) is 25.1 Å². The monoisotopic (exact) mass is 308 g/mol. The number of aromatic nitrogens is 5. The third kappa shape index (κ3) is 4.68. The first-order valence-electron chi connectivity index (χ1n) is 6.92. The van der Waals surface area contributed by atoms with Crippen LogP contribution < -0.4 is 10.1 Å². The molecule has 0 saturated carbocycles. The summed E-state index contributed by atoms with van der Waals surface area (Å²) in [6, 6.07) is 3.89.